The van der Waals surface area contributed by atoms with E-state index in [9.17, 15) is 4.39 Å². The van der Waals surface area contributed by atoms with E-state index in [2.05, 4.69) is 10.2 Å². The van der Waals surface area contributed by atoms with Crippen molar-refractivity contribution in [2.24, 2.45) is 0 Å². The van der Waals surface area contributed by atoms with Gasteiger partial charge in [-0.2, -0.15) is 0 Å². The molecule has 1 aromatic carbocycles. The molecule has 0 saturated carbocycles. The molecule has 6 heteroatoms. The van der Waals surface area contributed by atoms with Crippen LogP contribution in [0.1, 0.15) is 24.6 Å². The standard InChI is InChI=1S/C16H16FN3O2/c1-11(20(2)10-14-4-3-9-21-14)15-18-19-16(22-15)12-5-7-13(17)8-6-12/h3-9,11H,10H2,1-2H3/t11-/m0/s1. The summed E-state index contributed by atoms with van der Waals surface area (Å²) >= 11 is 0. The number of benzene rings is 1. The SMILES string of the molecule is C[C@@H](c1nnc(-c2ccc(F)cc2)o1)N(C)Cc1ccco1. The predicted octanol–water partition coefficient (Wildman–Crippen LogP) is 3.66. The first-order valence-corrected chi connectivity index (χ1v) is 6.95. The third kappa shape index (κ3) is 3.07. The summed E-state index contributed by atoms with van der Waals surface area (Å²) in [7, 11) is 1.95. The zero-order valence-electron chi connectivity index (χ0n) is 12.4. The molecule has 114 valence electrons. The Kier molecular flexibility index (Phi) is 4.02. The van der Waals surface area contributed by atoms with Gasteiger partial charge in [0.2, 0.25) is 11.8 Å². The topological polar surface area (TPSA) is 55.3 Å². The molecule has 1 atom stereocenters. The van der Waals surface area contributed by atoms with Gasteiger partial charge in [0.25, 0.3) is 0 Å². The molecular weight excluding hydrogens is 285 g/mol. The van der Waals surface area contributed by atoms with Crippen LogP contribution in [0.25, 0.3) is 11.5 Å². The molecule has 0 bridgehead atoms. The highest BCUT2D eigenvalue weighted by atomic mass is 19.1. The Bertz CT molecular complexity index is 722. The molecule has 0 spiro atoms. The second kappa shape index (κ2) is 6.11. The largest absolute Gasteiger partial charge is 0.468 e. The molecule has 0 unspecified atom stereocenters. The van der Waals surface area contributed by atoms with Gasteiger partial charge in [0, 0.05) is 5.56 Å². The molecule has 0 radical (unpaired) electrons. The van der Waals surface area contributed by atoms with Gasteiger partial charge in [-0.25, -0.2) is 4.39 Å². The molecule has 0 saturated heterocycles. The third-order valence-electron chi connectivity index (χ3n) is 3.54. The molecule has 0 aliphatic carbocycles. The fourth-order valence-corrected chi connectivity index (χ4v) is 2.09. The van der Waals surface area contributed by atoms with Crippen LogP contribution in [0.2, 0.25) is 0 Å². The Morgan fingerprint density at radius 3 is 2.64 bits per heavy atom. The van der Waals surface area contributed by atoms with Crippen molar-refractivity contribution in [1.29, 1.82) is 0 Å². The normalized spacial score (nSPS) is 12.7. The minimum Gasteiger partial charge on any atom is -0.468 e. The Hall–Kier alpha value is -2.47. The van der Waals surface area contributed by atoms with Crippen LogP contribution in [0, 0.1) is 5.82 Å². The number of rotatable bonds is 5. The van der Waals surface area contributed by atoms with Gasteiger partial charge in [0.1, 0.15) is 11.6 Å². The van der Waals surface area contributed by atoms with Crippen molar-refractivity contribution in [2.45, 2.75) is 19.5 Å². The first-order valence-electron chi connectivity index (χ1n) is 6.95. The van der Waals surface area contributed by atoms with E-state index in [4.69, 9.17) is 8.83 Å². The highest BCUT2D eigenvalue weighted by Crippen LogP contribution is 2.24. The van der Waals surface area contributed by atoms with Crippen molar-refractivity contribution in [3.05, 3.63) is 60.1 Å². The van der Waals surface area contributed by atoms with Crippen LogP contribution >= 0.6 is 0 Å². The second-order valence-corrected chi connectivity index (χ2v) is 5.12. The lowest BCUT2D eigenvalue weighted by molar-refractivity contribution is 0.203. The summed E-state index contributed by atoms with van der Waals surface area (Å²) in [5, 5.41) is 8.11. The van der Waals surface area contributed by atoms with Crippen molar-refractivity contribution in [3.63, 3.8) is 0 Å². The van der Waals surface area contributed by atoms with Gasteiger partial charge in [-0.1, -0.05) is 0 Å². The van der Waals surface area contributed by atoms with Crippen molar-refractivity contribution in [3.8, 4) is 11.5 Å². The van der Waals surface area contributed by atoms with Crippen LogP contribution in [-0.2, 0) is 6.54 Å². The Balaban J connectivity index is 1.73. The maximum atomic E-state index is 12.9. The molecule has 3 rings (SSSR count). The summed E-state index contributed by atoms with van der Waals surface area (Å²) < 4.78 is 24.0. The van der Waals surface area contributed by atoms with Crippen LogP contribution in [-0.4, -0.2) is 22.1 Å². The first kappa shape index (κ1) is 14.5. The van der Waals surface area contributed by atoms with Crippen LogP contribution in [0.4, 0.5) is 4.39 Å². The summed E-state index contributed by atoms with van der Waals surface area (Å²) in [6.07, 6.45) is 1.65. The molecular formula is C16H16FN3O2. The van der Waals surface area contributed by atoms with Crippen LogP contribution in [0.5, 0.6) is 0 Å². The van der Waals surface area contributed by atoms with E-state index in [1.54, 1.807) is 18.4 Å². The van der Waals surface area contributed by atoms with Crippen molar-refractivity contribution >= 4 is 0 Å². The third-order valence-corrected chi connectivity index (χ3v) is 3.54. The predicted molar refractivity (Wildman–Crippen MR) is 78.3 cm³/mol. The molecule has 3 aromatic rings. The van der Waals surface area contributed by atoms with Crippen LogP contribution in [0.15, 0.2) is 51.5 Å². The number of hydrogen-bond donors (Lipinski definition) is 0. The minimum atomic E-state index is -0.296. The van der Waals surface area contributed by atoms with Crippen LogP contribution in [0.3, 0.4) is 0 Å². The zero-order valence-corrected chi connectivity index (χ0v) is 12.4. The maximum Gasteiger partial charge on any atom is 0.247 e. The lowest BCUT2D eigenvalue weighted by atomic mass is 10.2. The van der Waals surface area contributed by atoms with E-state index in [-0.39, 0.29) is 11.9 Å². The second-order valence-electron chi connectivity index (χ2n) is 5.12. The van der Waals surface area contributed by atoms with Gasteiger partial charge in [0.05, 0.1) is 18.8 Å². The quantitative estimate of drug-likeness (QED) is 0.720. The highest BCUT2D eigenvalue weighted by Gasteiger charge is 2.20. The fraction of sp³-hybridized carbons (Fsp3) is 0.250. The van der Waals surface area contributed by atoms with E-state index in [0.717, 1.165) is 5.76 Å². The van der Waals surface area contributed by atoms with Gasteiger partial charge in [-0.05, 0) is 50.4 Å². The van der Waals surface area contributed by atoms with Gasteiger partial charge < -0.3 is 8.83 Å². The molecule has 0 aliphatic heterocycles. The smallest absolute Gasteiger partial charge is 0.247 e. The molecule has 22 heavy (non-hydrogen) atoms. The maximum absolute atomic E-state index is 12.9. The average molecular weight is 301 g/mol. The first-order chi connectivity index (χ1) is 10.6. The Morgan fingerprint density at radius 2 is 1.95 bits per heavy atom. The van der Waals surface area contributed by atoms with Crippen molar-refractivity contribution in [1.82, 2.24) is 15.1 Å². The lowest BCUT2D eigenvalue weighted by Crippen LogP contribution is -2.21. The van der Waals surface area contributed by atoms with Gasteiger partial charge >= 0.3 is 0 Å². The molecule has 0 fully saturated rings. The zero-order chi connectivity index (χ0) is 15.5. The summed E-state index contributed by atoms with van der Waals surface area (Å²) in [5.41, 5.74) is 0.695. The molecule has 2 heterocycles. The van der Waals surface area contributed by atoms with Crippen molar-refractivity contribution in [2.75, 3.05) is 7.05 Å². The Labute approximate surface area is 127 Å². The number of nitrogens with zero attached hydrogens (tertiary/aromatic N) is 3. The summed E-state index contributed by atoms with van der Waals surface area (Å²) in [4.78, 5) is 2.04. The minimum absolute atomic E-state index is 0.0631. The summed E-state index contributed by atoms with van der Waals surface area (Å²) in [6.45, 7) is 2.62. The van der Waals surface area contributed by atoms with Crippen LogP contribution < -0.4 is 0 Å². The number of furan rings is 1. The molecule has 2 aromatic heterocycles. The number of aromatic nitrogens is 2. The molecule has 0 aliphatic rings. The number of hydrogen-bond acceptors (Lipinski definition) is 5. The van der Waals surface area contributed by atoms with Gasteiger partial charge in [-0.15, -0.1) is 10.2 Å². The van der Waals surface area contributed by atoms with Crippen molar-refractivity contribution < 1.29 is 13.2 Å². The highest BCUT2D eigenvalue weighted by molar-refractivity contribution is 5.51. The van der Waals surface area contributed by atoms with E-state index in [0.29, 0.717) is 23.9 Å². The summed E-state index contributed by atoms with van der Waals surface area (Å²) in [5.74, 6) is 1.46. The lowest BCUT2D eigenvalue weighted by Gasteiger charge is -2.20. The average Bonchev–Trinajstić information content (AvgIpc) is 3.18. The molecule has 0 amide bonds. The Morgan fingerprint density at radius 1 is 1.18 bits per heavy atom. The van der Waals surface area contributed by atoms with E-state index < -0.39 is 0 Å². The van der Waals surface area contributed by atoms with E-state index >= 15 is 0 Å². The monoisotopic (exact) mass is 301 g/mol. The fourth-order valence-electron chi connectivity index (χ4n) is 2.09. The summed E-state index contributed by atoms with van der Waals surface area (Å²) in [6, 6.07) is 9.67. The van der Waals surface area contributed by atoms with Gasteiger partial charge in [-0.3, -0.25) is 4.90 Å². The van der Waals surface area contributed by atoms with Gasteiger partial charge in [0.15, 0.2) is 0 Å². The van der Waals surface area contributed by atoms with E-state index in [1.165, 1.54) is 12.1 Å². The number of halogens is 1. The molecule has 5 nitrogen and oxygen atoms in total. The van der Waals surface area contributed by atoms with E-state index in [1.807, 2.05) is 31.0 Å². The molecule has 0 N–H and O–H groups in total.